The van der Waals surface area contributed by atoms with Gasteiger partial charge in [0.1, 0.15) is 0 Å². The standard InChI is InChI=1S/C15H18N4O3S/c1-18(23(2,21)22)12-5-3-11(4-6-12)15(20)19-8-7-13-14(9-19)17-10-16-13/h3-6,10H,7-9H2,1-2H3,(H,16,17). The van der Waals surface area contributed by atoms with Crippen LogP contribution in [0.4, 0.5) is 5.69 Å². The van der Waals surface area contributed by atoms with Crippen molar-refractivity contribution < 1.29 is 13.2 Å². The zero-order chi connectivity index (χ0) is 16.6. The number of H-pyrrole nitrogens is 1. The molecule has 1 aromatic carbocycles. The van der Waals surface area contributed by atoms with E-state index in [1.165, 1.54) is 11.4 Å². The summed E-state index contributed by atoms with van der Waals surface area (Å²) in [5.41, 5.74) is 3.05. The minimum atomic E-state index is -3.31. The number of sulfonamides is 1. The van der Waals surface area contributed by atoms with Crippen LogP contribution in [-0.2, 0) is 23.0 Å². The van der Waals surface area contributed by atoms with E-state index in [9.17, 15) is 13.2 Å². The van der Waals surface area contributed by atoms with Crippen molar-refractivity contribution in [2.24, 2.45) is 0 Å². The summed E-state index contributed by atoms with van der Waals surface area (Å²) in [4.78, 5) is 21.6. The van der Waals surface area contributed by atoms with Crippen LogP contribution >= 0.6 is 0 Å². The van der Waals surface area contributed by atoms with E-state index in [4.69, 9.17) is 0 Å². The molecule has 1 aliphatic heterocycles. The van der Waals surface area contributed by atoms with E-state index in [0.29, 0.717) is 24.3 Å². The number of carbonyl (C=O) groups is 1. The Bertz CT molecular complexity index is 827. The number of hydrogen-bond acceptors (Lipinski definition) is 4. The number of nitrogens with zero attached hydrogens (tertiary/aromatic N) is 3. The van der Waals surface area contributed by atoms with Gasteiger partial charge in [-0.05, 0) is 24.3 Å². The van der Waals surface area contributed by atoms with E-state index in [2.05, 4.69) is 9.97 Å². The number of carbonyl (C=O) groups excluding carboxylic acids is 1. The molecule has 0 saturated heterocycles. The minimum Gasteiger partial charge on any atom is -0.347 e. The number of imidazole rings is 1. The Morgan fingerprint density at radius 1 is 1.30 bits per heavy atom. The van der Waals surface area contributed by atoms with Gasteiger partial charge < -0.3 is 9.88 Å². The van der Waals surface area contributed by atoms with Crippen LogP contribution in [0.2, 0.25) is 0 Å². The zero-order valence-electron chi connectivity index (χ0n) is 13.0. The lowest BCUT2D eigenvalue weighted by Crippen LogP contribution is -2.36. The number of amides is 1. The molecule has 23 heavy (non-hydrogen) atoms. The average molecular weight is 334 g/mol. The van der Waals surface area contributed by atoms with E-state index >= 15 is 0 Å². The van der Waals surface area contributed by atoms with Crippen molar-refractivity contribution >= 4 is 21.6 Å². The van der Waals surface area contributed by atoms with E-state index in [1.54, 1.807) is 35.5 Å². The monoisotopic (exact) mass is 334 g/mol. The van der Waals surface area contributed by atoms with Gasteiger partial charge in [-0.1, -0.05) is 0 Å². The van der Waals surface area contributed by atoms with Gasteiger partial charge in [0.2, 0.25) is 10.0 Å². The van der Waals surface area contributed by atoms with Gasteiger partial charge in [0.25, 0.3) is 5.91 Å². The molecule has 0 fully saturated rings. The summed E-state index contributed by atoms with van der Waals surface area (Å²) in [6.45, 7) is 1.14. The van der Waals surface area contributed by atoms with Crippen molar-refractivity contribution in [2.75, 3.05) is 24.2 Å². The van der Waals surface area contributed by atoms with Crippen LogP contribution < -0.4 is 4.31 Å². The number of hydrogen-bond donors (Lipinski definition) is 1. The first-order valence-electron chi connectivity index (χ1n) is 7.20. The normalized spacial score (nSPS) is 14.4. The maximum absolute atomic E-state index is 12.6. The smallest absolute Gasteiger partial charge is 0.254 e. The van der Waals surface area contributed by atoms with Crippen LogP contribution in [0.1, 0.15) is 21.7 Å². The van der Waals surface area contributed by atoms with Crippen molar-refractivity contribution in [1.29, 1.82) is 0 Å². The largest absolute Gasteiger partial charge is 0.347 e. The van der Waals surface area contributed by atoms with Crippen molar-refractivity contribution in [3.63, 3.8) is 0 Å². The number of aromatic nitrogens is 2. The Hall–Kier alpha value is -2.35. The fourth-order valence-electron chi connectivity index (χ4n) is 2.57. The predicted octanol–water partition coefficient (Wildman–Crippen LogP) is 1.00. The second-order valence-corrected chi connectivity index (χ2v) is 7.60. The number of nitrogens with one attached hydrogen (secondary N) is 1. The summed E-state index contributed by atoms with van der Waals surface area (Å²) in [6, 6.07) is 6.59. The molecule has 0 unspecified atom stereocenters. The molecule has 0 atom stereocenters. The fraction of sp³-hybridized carbons (Fsp3) is 0.333. The maximum Gasteiger partial charge on any atom is 0.254 e. The number of anilines is 1. The lowest BCUT2D eigenvalue weighted by molar-refractivity contribution is 0.0732. The molecule has 3 rings (SSSR count). The molecule has 0 aliphatic carbocycles. The molecule has 0 radical (unpaired) electrons. The Balaban J connectivity index is 1.76. The highest BCUT2D eigenvalue weighted by Gasteiger charge is 2.23. The Morgan fingerprint density at radius 3 is 2.65 bits per heavy atom. The molecule has 0 spiro atoms. The van der Waals surface area contributed by atoms with Crippen LogP contribution in [0.15, 0.2) is 30.6 Å². The molecule has 0 bridgehead atoms. The highest BCUT2D eigenvalue weighted by atomic mass is 32.2. The second kappa shape index (κ2) is 5.69. The molecule has 1 N–H and O–H groups in total. The summed E-state index contributed by atoms with van der Waals surface area (Å²) in [5, 5.41) is 0. The summed E-state index contributed by atoms with van der Waals surface area (Å²) in [6.07, 6.45) is 3.52. The molecule has 0 saturated carbocycles. The van der Waals surface area contributed by atoms with Crippen LogP contribution in [0.25, 0.3) is 0 Å². The molecule has 2 heterocycles. The Kier molecular flexibility index (Phi) is 3.85. The number of fused-ring (bicyclic) bond motifs is 1. The van der Waals surface area contributed by atoms with E-state index in [-0.39, 0.29) is 5.91 Å². The molecular formula is C15H18N4O3S. The topological polar surface area (TPSA) is 86.4 Å². The number of aromatic amines is 1. The number of benzene rings is 1. The molecular weight excluding hydrogens is 316 g/mol. The first-order valence-corrected chi connectivity index (χ1v) is 9.05. The molecule has 1 aliphatic rings. The molecule has 1 amide bonds. The van der Waals surface area contributed by atoms with Crippen LogP contribution in [0, 0.1) is 0 Å². The van der Waals surface area contributed by atoms with Gasteiger partial charge in [0.05, 0.1) is 36.2 Å². The zero-order valence-corrected chi connectivity index (χ0v) is 13.8. The quantitative estimate of drug-likeness (QED) is 0.907. The van der Waals surface area contributed by atoms with E-state index < -0.39 is 10.0 Å². The molecule has 2 aromatic rings. The molecule has 8 heteroatoms. The average Bonchev–Trinajstić information content (AvgIpc) is 3.00. The Morgan fingerprint density at radius 2 is 2.00 bits per heavy atom. The van der Waals surface area contributed by atoms with Gasteiger partial charge >= 0.3 is 0 Å². The first-order chi connectivity index (χ1) is 10.9. The van der Waals surface area contributed by atoms with Gasteiger partial charge in [0.15, 0.2) is 0 Å². The molecule has 1 aromatic heterocycles. The van der Waals surface area contributed by atoms with Crippen molar-refractivity contribution in [3.05, 3.63) is 47.5 Å². The van der Waals surface area contributed by atoms with Crippen molar-refractivity contribution in [3.8, 4) is 0 Å². The summed E-state index contributed by atoms with van der Waals surface area (Å²) in [5.74, 6) is -0.0705. The third kappa shape index (κ3) is 3.07. The van der Waals surface area contributed by atoms with Crippen molar-refractivity contribution in [1.82, 2.24) is 14.9 Å². The van der Waals surface area contributed by atoms with E-state index in [1.807, 2.05) is 0 Å². The lowest BCUT2D eigenvalue weighted by atomic mass is 10.1. The highest BCUT2D eigenvalue weighted by molar-refractivity contribution is 7.92. The number of rotatable bonds is 3. The van der Waals surface area contributed by atoms with Gasteiger partial charge in [0, 0.05) is 25.6 Å². The van der Waals surface area contributed by atoms with Gasteiger partial charge in [-0.2, -0.15) is 0 Å². The second-order valence-electron chi connectivity index (χ2n) is 5.58. The van der Waals surface area contributed by atoms with E-state index in [0.717, 1.165) is 24.1 Å². The summed E-state index contributed by atoms with van der Waals surface area (Å²) < 4.78 is 24.2. The van der Waals surface area contributed by atoms with Gasteiger partial charge in [-0.15, -0.1) is 0 Å². The maximum atomic E-state index is 12.6. The third-order valence-corrected chi connectivity index (χ3v) is 5.24. The third-order valence-electron chi connectivity index (χ3n) is 4.04. The Labute approximate surface area is 135 Å². The summed E-state index contributed by atoms with van der Waals surface area (Å²) >= 11 is 0. The van der Waals surface area contributed by atoms with Gasteiger partial charge in [-0.25, -0.2) is 13.4 Å². The van der Waals surface area contributed by atoms with Crippen molar-refractivity contribution in [2.45, 2.75) is 13.0 Å². The predicted molar refractivity (Wildman–Crippen MR) is 86.7 cm³/mol. The van der Waals surface area contributed by atoms with Gasteiger partial charge in [-0.3, -0.25) is 9.10 Å². The van der Waals surface area contributed by atoms with Crippen LogP contribution in [-0.4, -0.2) is 49.0 Å². The summed E-state index contributed by atoms with van der Waals surface area (Å²) in [7, 11) is -1.83. The molecule has 7 nitrogen and oxygen atoms in total. The van der Waals surface area contributed by atoms with Crippen LogP contribution in [0.5, 0.6) is 0 Å². The lowest BCUT2D eigenvalue weighted by Gasteiger charge is -2.26. The minimum absolute atomic E-state index is 0.0705. The highest BCUT2D eigenvalue weighted by Crippen LogP contribution is 2.20. The first kappa shape index (κ1) is 15.5. The SMILES string of the molecule is CN(c1ccc(C(=O)N2CCc3nc[nH]c3C2)cc1)S(C)(=O)=O. The van der Waals surface area contributed by atoms with Crippen LogP contribution in [0.3, 0.4) is 0 Å². The fourth-order valence-corrected chi connectivity index (χ4v) is 3.08. The molecule has 122 valence electrons.